The van der Waals surface area contributed by atoms with Crippen LogP contribution in [0.3, 0.4) is 0 Å². The van der Waals surface area contributed by atoms with Gasteiger partial charge in [-0.05, 0) is 26.8 Å². The number of hydrogen-bond donors (Lipinski definition) is 1. The molecule has 1 N–H and O–H groups in total. The smallest absolute Gasteiger partial charge is 0.0695 e. The molecule has 0 aromatic carbocycles. The van der Waals surface area contributed by atoms with Crippen LogP contribution >= 0.6 is 0 Å². The van der Waals surface area contributed by atoms with E-state index in [0.717, 1.165) is 19.4 Å². The lowest BCUT2D eigenvalue weighted by atomic mass is 9.91. The van der Waals surface area contributed by atoms with Crippen LogP contribution in [0.5, 0.6) is 0 Å². The Morgan fingerprint density at radius 1 is 1.46 bits per heavy atom. The van der Waals surface area contributed by atoms with E-state index in [4.69, 9.17) is 0 Å². The first-order valence-corrected chi connectivity index (χ1v) is 5.14. The van der Waals surface area contributed by atoms with E-state index in [1.807, 2.05) is 6.92 Å². The number of aliphatic hydroxyl groups is 1. The Morgan fingerprint density at radius 2 is 2.08 bits per heavy atom. The summed E-state index contributed by atoms with van der Waals surface area (Å²) in [5.74, 6) is 0. The molecule has 76 valence electrons. The first kappa shape index (κ1) is 10.7. The molecule has 0 saturated heterocycles. The SMILES string of the molecule is C=C(C)CN(C)C1CCCCC1O. The molecule has 2 nitrogen and oxygen atoms in total. The molecular formula is C11H21NO. The van der Waals surface area contributed by atoms with Crippen LogP contribution in [0.15, 0.2) is 12.2 Å². The Labute approximate surface area is 81.2 Å². The molecule has 0 heterocycles. The number of hydrogen-bond acceptors (Lipinski definition) is 2. The van der Waals surface area contributed by atoms with Crippen molar-refractivity contribution in [2.45, 2.75) is 44.8 Å². The minimum absolute atomic E-state index is 0.127. The second-order valence-corrected chi connectivity index (χ2v) is 4.29. The first-order valence-electron chi connectivity index (χ1n) is 5.14. The fourth-order valence-electron chi connectivity index (χ4n) is 2.15. The highest BCUT2D eigenvalue weighted by molar-refractivity contribution is 4.94. The molecule has 1 aliphatic carbocycles. The topological polar surface area (TPSA) is 23.5 Å². The highest BCUT2D eigenvalue weighted by Crippen LogP contribution is 2.22. The highest BCUT2D eigenvalue weighted by atomic mass is 16.3. The van der Waals surface area contributed by atoms with Gasteiger partial charge >= 0.3 is 0 Å². The standard InChI is InChI=1S/C11H21NO/c1-9(2)8-12(3)10-6-4-5-7-11(10)13/h10-11,13H,1,4-8H2,2-3H3. The van der Waals surface area contributed by atoms with E-state index in [2.05, 4.69) is 18.5 Å². The van der Waals surface area contributed by atoms with Crippen molar-refractivity contribution in [2.24, 2.45) is 0 Å². The van der Waals surface area contributed by atoms with Gasteiger partial charge in [0.1, 0.15) is 0 Å². The van der Waals surface area contributed by atoms with Gasteiger partial charge in [0.15, 0.2) is 0 Å². The molecule has 2 unspecified atom stereocenters. The number of likely N-dealkylation sites (N-methyl/N-ethyl adjacent to an activating group) is 1. The van der Waals surface area contributed by atoms with Gasteiger partial charge in [-0.1, -0.05) is 25.0 Å². The maximum absolute atomic E-state index is 9.78. The van der Waals surface area contributed by atoms with E-state index < -0.39 is 0 Å². The summed E-state index contributed by atoms with van der Waals surface area (Å²) in [6.07, 6.45) is 4.40. The van der Waals surface area contributed by atoms with Crippen molar-refractivity contribution in [2.75, 3.05) is 13.6 Å². The van der Waals surface area contributed by atoms with E-state index in [-0.39, 0.29) is 6.10 Å². The maximum Gasteiger partial charge on any atom is 0.0695 e. The first-order chi connectivity index (χ1) is 6.11. The molecule has 1 aliphatic rings. The third-order valence-corrected chi connectivity index (χ3v) is 2.78. The summed E-state index contributed by atoms with van der Waals surface area (Å²) in [5.41, 5.74) is 1.17. The van der Waals surface area contributed by atoms with Crippen molar-refractivity contribution in [3.05, 3.63) is 12.2 Å². The van der Waals surface area contributed by atoms with Crippen molar-refractivity contribution in [3.8, 4) is 0 Å². The second-order valence-electron chi connectivity index (χ2n) is 4.29. The van der Waals surface area contributed by atoms with E-state index in [1.54, 1.807) is 0 Å². The predicted octanol–water partition coefficient (Wildman–Crippen LogP) is 1.80. The van der Waals surface area contributed by atoms with E-state index in [0.29, 0.717) is 6.04 Å². The van der Waals surface area contributed by atoms with Gasteiger partial charge in [-0.2, -0.15) is 0 Å². The van der Waals surface area contributed by atoms with E-state index >= 15 is 0 Å². The molecule has 2 heteroatoms. The van der Waals surface area contributed by atoms with Gasteiger partial charge in [-0.15, -0.1) is 0 Å². The normalized spacial score (nSPS) is 29.2. The summed E-state index contributed by atoms with van der Waals surface area (Å²) in [5, 5.41) is 9.78. The number of rotatable bonds is 3. The van der Waals surface area contributed by atoms with Crippen LogP contribution in [0.25, 0.3) is 0 Å². The molecule has 0 aliphatic heterocycles. The minimum Gasteiger partial charge on any atom is -0.391 e. The Balaban J connectivity index is 2.43. The monoisotopic (exact) mass is 183 g/mol. The van der Waals surface area contributed by atoms with Gasteiger partial charge < -0.3 is 5.11 Å². The number of aliphatic hydroxyl groups excluding tert-OH is 1. The molecule has 2 atom stereocenters. The minimum atomic E-state index is -0.127. The molecule has 1 rings (SSSR count). The van der Waals surface area contributed by atoms with Gasteiger partial charge in [0.25, 0.3) is 0 Å². The zero-order valence-corrected chi connectivity index (χ0v) is 8.79. The largest absolute Gasteiger partial charge is 0.391 e. The zero-order valence-electron chi connectivity index (χ0n) is 8.79. The van der Waals surface area contributed by atoms with Gasteiger partial charge in [-0.25, -0.2) is 0 Å². The summed E-state index contributed by atoms with van der Waals surface area (Å²) in [7, 11) is 2.08. The van der Waals surface area contributed by atoms with Crippen molar-refractivity contribution in [3.63, 3.8) is 0 Å². The van der Waals surface area contributed by atoms with Crippen molar-refractivity contribution in [1.82, 2.24) is 4.90 Å². The van der Waals surface area contributed by atoms with Crippen LogP contribution in [-0.4, -0.2) is 35.7 Å². The molecule has 0 spiro atoms. The Hall–Kier alpha value is -0.340. The average molecular weight is 183 g/mol. The molecule has 0 aromatic rings. The van der Waals surface area contributed by atoms with Crippen LogP contribution in [0.4, 0.5) is 0 Å². The average Bonchev–Trinajstić information content (AvgIpc) is 2.03. The Morgan fingerprint density at radius 3 is 2.62 bits per heavy atom. The molecule has 0 aromatic heterocycles. The van der Waals surface area contributed by atoms with Crippen molar-refractivity contribution in [1.29, 1.82) is 0 Å². The fourth-order valence-corrected chi connectivity index (χ4v) is 2.15. The van der Waals surface area contributed by atoms with Crippen molar-refractivity contribution < 1.29 is 5.11 Å². The third kappa shape index (κ3) is 3.12. The molecule has 1 saturated carbocycles. The van der Waals surface area contributed by atoms with E-state index in [9.17, 15) is 5.11 Å². The van der Waals surface area contributed by atoms with Crippen LogP contribution in [0.2, 0.25) is 0 Å². The molecule has 0 radical (unpaired) electrons. The second kappa shape index (κ2) is 4.77. The molecule has 0 amide bonds. The van der Waals surface area contributed by atoms with Crippen LogP contribution in [-0.2, 0) is 0 Å². The van der Waals surface area contributed by atoms with Crippen LogP contribution in [0, 0.1) is 0 Å². The predicted molar refractivity (Wildman–Crippen MR) is 55.7 cm³/mol. The van der Waals surface area contributed by atoms with Crippen LogP contribution < -0.4 is 0 Å². The molecular weight excluding hydrogens is 162 g/mol. The summed E-state index contributed by atoms with van der Waals surface area (Å²) in [4.78, 5) is 2.23. The number of nitrogens with zero attached hydrogens (tertiary/aromatic N) is 1. The summed E-state index contributed by atoms with van der Waals surface area (Å²) < 4.78 is 0. The Kier molecular flexibility index (Phi) is 3.94. The summed E-state index contributed by atoms with van der Waals surface area (Å²) >= 11 is 0. The zero-order chi connectivity index (χ0) is 9.84. The fraction of sp³-hybridized carbons (Fsp3) is 0.818. The van der Waals surface area contributed by atoms with Gasteiger partial charge in [0, 0.05) is 12.6 Å². The van der Waals surface area contributed by atoms with E-state index in [1.165, 1.54) is 18.4 Å². The van der Waals surface area contributed by atoms with Gasteiger partial charge in [-0.3, -0.25) is 4.90 Å². The van der Waals surface area contributed by atoms with Crippen LogP contribution in [0.1, 0.15) is 32.6 Å². The molecule has 13 heavy (non-hydrogen) atoms. The van der Waals surface area contributed by atoms with Gasteiger partial charge in [0.2, 0.25) is 0 Å². The highest BCUT2D eigenvalue weighted by Gasteiger charge is 2.25. The van der Waals surface area contributed by atoms with Gasteiger partial charge in [0.05, 0.1) is 6.10 Å². The third-order valence-electron chi connectivity index (χ3n) is 2.78. The lowest BCUT2D eigenvalue weighted by molar-refractivity contribution is 0.0363. The lowest BCUT2D eigenvalue weighted by Gasteiger charge is -2.35. The quantitative estimate of drug-likeness (QED) is 0.674. The summed E-state index contributed by atoms with van der Waals surface area (Å²) in [6, 6.07) is 0.352. The van der Waals surface area contributed by atoms with Crippen molar-refractivity contribution >= 4 is 0 Å². The Bertz CT molecular complexity index is 179. The summed E-state index contributed by atoms with van der Waals surface area (Å²) in [6.45, 7) is 6.83. The lowest BCUT2D eigenvalue weighted by Crippen LogP contribution is -2.43. The molecule has 1 fully saturated rings. The maximum atomic E-state index is 9.78. The molecule has 0 bridgehead atoms.